The van der Waals surface area contributed by atoms with Crippen LogP contribution in [0.5, 0.6) is 11.5 Å². The average molecular weight is 395 g/mol. The van der Waals surface area contributed by atoms with Gasteiger partial charge in [0.15, 0.2) is 11.5 Å². The number of ether oxygens (including phenoxy) is 2. The van der Waals surface area contributed by atoms with Crippen molar-refractivity contribution in [3.8, 4) is 11.5 Å². The molecule has 8 heteroatoms. The predicted octanol–water partition coefficient (Wildman–Crippen LogP) is 3.96. The molecule has 0 saturated heterocycles. The van der Waals surface area contributed by atoms with E-state index in [1.54, 1.807) is 11.8 Å². The second-order valence-corrected chi connectivity index (χ2v) is 7.37. The Balaban J connectivity index is 1.47. The zero-order valence-corrected chi connectivity index (χ0v) is 16.3. The number of nitrogen functional groups attached to an aromatic ring is 1. The highest BCUT2D eigenvalue weighted by molar-refractivity contribution is 7.98. The van der Waals surface area contributed by atoms with E-state index in [4.69, 9.17) is 15.2 Å². The van der Waals surface area contributed by atoms with Crippen LogP contribution in [0, 0.1) is 6.92 Å². The van der Waals surface area contributed by atoms with Gasteiger partial charge in [0, 0.05) is 17.0 Å². The Hall–Kier alpha value is -3.00. The number of hydrogen-bond acceptors (Lipinski definition) is 8. The van der Waals surface area contributed by atoms with E-state index in [2.05, 4.69) is 20.3 Å². The van der Waals surface area contributed by atoms with E-state index >= 15 is 0 Å². The highest BCUT2D eigenvalue weighted by Crippen LogP contribution is 2.34. The third-order valence-corrected chi connectivity index (χ3v) is 5.17. The van der Waals surface area contributed by atoms with Gasteiger partial charge < -0.3 is 20.5 Å². The SMILES string of the molecule is Cc1ccccc1Nc1nc(N)nc(CSc2ccc3c(c2)OCCCO3)n1. The lowest BCUT2D eigenvalue weighted by Crippen LogP contribution is -2.07. The number of para-hydroxylation sites is 1. The van der Waals surface area contributed by atoms with E-state index in [0.717, 1.165) is 34.1 Å². The first-order valence-corrected chi connectivity index (χ1v) is 10.0. The zero-order valence-electron chi connectivity index (χ0n) is 15.5. The number of nitrogens with two attached hydrogens (primary N) is 1. The van der Waals surface area contributed by atoms with Crippen LogP contribution in [0.15, 0.2) is 47.4 Å². The number of aromatic nitrogens is 3. The molecule has 0 radical (unpaired) electrons. The first kappa shape index (κ1) is 18.4. The van der Waals surface area contributed by atoms with Gasteiger partial charge >= 0.3 is 0 Å². The summed E-state index contributed by atoms with van der Waals surface area (Å²) in [5.74, 6) is 3.38. The van der Waals surface area contributed by atoms with Crippen molar-refractivity contribution < 1.29 is 9.47 Å². The minimum Gasteiger partial charge on any atom is -0.490 e. The van der Waals surface area contributed by atoms with Gasteiger partial charge in [0.05, 0.1) is 19.0 Å². The minimum atomic E-state index is 0.195. The zero-order chi connectivity index (χ0) is 19.3. The molecule has 144 valence electrons. The molecular weight excluding hydrogens is 374 g/mol. The van der Waals surface area contributed by atoms with Crippen molar-refractivity contribution in [3.63, 3.8) is 0 Å². The molecule has 1 aliphatic rings. The molecule has 4 rings (SSSR count). The van der Waals surface area contributed by atoms with Crippen LogP contribution < -0.4 is 20.5 Å². The van der Waals surface area contributed by atoms with Crippen molar-refractivity contribution in [3.05, 3.63) is 53.9 Å². The van der Waals surface area contributed by atoms with Gasteiger partial charge in [0.25, 0.3) is 0 Å². The number of fused-ring (bicyclic) bond motifs is 1. The van der Waals surface area contributed by atoms with Gasteiger partial charge in [-0.05, 0) is 36.8 Å². The van der Waals surface area contributed by atoms with E-state index in [1.165, 1.54) is 0 Å². The summed E-state index contributed by atoms with van der Waals surface area (Å²) in [5, 5.41) is 3.21. The third kappa shape index (κ3) is 4.45. The molecule has 0 atom stereocenters. The molecule has 0 spiro atoms. The Morgan fingerprint density at radius 1 is 1.04 bits per heavy atom. The summed E-state index contributed by atoms with van der Waals surface area (Å²) in [4.78, 5) is 14.0. The van der Waals surface area contributed by atoms with Gasteiger partial charge in [-0.3, -0.25) is 0 Å². The largest absolute Gasteiger partial charge is 0.490 e. The van der Waals surface area contributed by atoms with Crippen LogP contribution in [0.25, 0.3) is 0 Å². The van der Waals surface area contributed by atoms with E-state index < -0.39 is 0 Å². The molecule has 0 amide bonds. The minimum absolute atomic E-state index is 0.195. The standard InChI is InChI=1S/C20H21N5O2S/c1-13-5-2-3-6-15(13)22-20-24-18(23-19(21)25-20)12-28-14-7-8-16-17(11-14)27-10-4-9-26-16/h2-3,5-8,11H,4,9-10,12H2,1H3,(H3,21,22,23,24,25). The number of aryl methyl sites for hydroxylation is 1. The normalized spacial score (nSPS) is 13.0. The molecule has 3 aromatic rings. The number of nitrogens with zero attached hydrogens (tertiary/aromatic N) is 3. The molecule has 1 aromatic heterocycles. The average Bonchev–Trinajstić information content (AvgIpc) is 2.93. The maximum atomic E-state index is 5.88. The van der Waals surface area contributed by atoms with Crippen molar-refractivity contribution in [2.45, 2.75) is 24.0 Å². The smallest absolute Gasteiger partial charge is 0.232 e. The Labute approximate surface area is 167 Å². The summed E-state index contributed by atoms with van der Waals surface area (Å²) in [6, 6.07) is 13.9. The van der Waals surface area contributed by atoms with Crippen molar-refractivity contribution in [1.29, 1.82) is 0 Å². The summed E-state index contributed by atoms with van der Waals surface area (Å²) in [6.07, 6.45) is 0.887. The number of benzene rings is 2. The molecule has 3 N–H and O–H groups in total. The van der Waals surface area contributed by atoms with Crippen LogP contribution >= 0.6 is 11.8 Å². The summed E-state index contributed by atoms with van der Waals surface area (Å²) in [5.41, 5.74) is 7.92. The summed E-state index contributed by atoms with van der Waals surface area (Å²) in [6.45, 7) is 3.37. The van der Waals surface area contributed by atoms with Crippen molar-refractivity contribution in [2.75, 3.05) is 24.3 Å². The van der Waals surface area contributed by atoms with Gasteiger partial charge in [-0.15, -0.1) is 11.8 Å². The molecule has 0 aliphatic carbocycles. The highest BCUT2D eigenvalue weighted by atomic mass is 32.2. The second kappa shape index (κ2) is 8.35. The van der Waals surface area contributed by atoms with E-state index in [0.29, 0.717) is 30.7 Å². The molecular formula is C20H21N5O2S. The number of hydrogen-bond donors (Lipinski definition) is 2. The van der Waals surface area contributed by atoms with Crippen molar-refractivity contribution in [1.82, 2.24) is 15.0 Å². The number of nitrogens with one attached hydrogen (secondary N) is 1. The molecule has 0 fully saturated rings. The lowest BCUT2D eigenvalue weighted by Gasteiger charge is -2.10. The van der Waals surface area contributed by atoms with E-state index in [-0.39, 0.29) is 5.95 Å². The molecule has 28 heavy (non-hydrogen) atoms. The first-order chi connectivity index (χ1) is 13.7. The van der Waals surface area contributed by atoms with Crippen LogP contribution in [-0.4, -0.2) is 28.2 Å². The van der Waals surface area contributed by atoms with Crippen LogP contribution in [-0.2, 0) is 5.75 Å². The second-order valence-electron chi connectivity index (χ2n) is 6.32. The van der Waals surface area contributed by atoms with Gasteiger partial charge in [0.2, 0.25) is 11.9 Å². The van der Waals surface area contributed by atoms with Crippen LogP contribution in [0.3, 0.4) is 0 Å². The predicted molar refractivity (Wildman–Crippen MR) is 110 cm³/mol. The number of anilines is 3. The Morgan fingerprint density at radius 2 is 1.86 bits per heavy atom. The van der Waals surface area contributed by atoms with Gasteiger partial charge in [-0.25, -0.2) is 0 Å². The molecule has 1 aliphatic heterocycles. The maximum Gasteiger partial charge on any atom is 0.232 e. The fourth-order valence-electron chi connectivity index (χ4n) is 2.77. The van der Waals surface area contributed by atoms with Gasteiger partial charge in [0.1, 0.15) is 5.82 Å². The Bertz CT molecular complexity index is 983. The number of thioether (sulfide) groups is 1. The fraction of sp³-hybridized carbons (Fsp3) is 0.250. The quantitative estimate of drug-likeness (QED) is 0.627. The Kier molecular flexibility index (Phi) is 5.48. The molecule has 0 bridgehead atoms. The first-order valence-electron chi connectivity index (χ1n) is 9.03. The van der Waals surface area contributed by atoms with Gasteiger partial charge in [-0.1, -0.05) is 18.2 Å². The lowest BCUT2D eigenvalue weighted by molar-refractivity contribution is 0.297. The molecule has 0 saturated carbocycles. The molecule has 2 aromatic carbocycles. The van der Waals surface area contributed by atoms with Crippen LogP contribution in [0.2, 0.25) is 0 Å². The molecule has 2 heterocycles. The van der Waals surface area contributed by atoms with Crippen molar-refractivity contribution in [2.24, 2.45) is 0 Å². The fourth-order valence-corrected chi connectivity index (χ4v) is 3.55. The maximum absolute atomic E-state index is 5.88. The molecule has 0 unspecified atom stereocenters. The van der Waals surface area contributed by atoms with Crippen LogP contribution in [0.4, 0.5) is 17.6 Å². The summed E-state index contributed by atoms with van der Waals surface area (Å²) >= 11 is 1.61. The van der Waals surface area contributed by atoms with Crippen LogP contribution in [0.1, 0.15) is 17.8 Å². The molecule has 7 nitrogen and oxygen atoms in total. The lowest BCUT2D eigenvalue weighted by atomic mass is 10.2. The summed E-state index contributed by atoms with van der Waals surface area (Å²) < 4.78 is 11.4. The highest BCUT2D eigenvalue weighted by Gasteiger charge is 2.12. The van der Waals surface area contributed by atoms with Crippen molar-refractivity contribution >= 4 is 29.3 Å². The van der Waals surface area contributed by atoms with Gasteiger partial charge in [-0.2, -0.15) is 15.0 Å². The van der Waals surface area contributed by atoms with E-state index in [9.17, 15) is 0 Å². The number of rotatable bonds is 5. The summed E-state index contributed by atoms with van der Waals surface area (Å²) in [7, 11) is 0. The Morgan fingerprint density at radius 3 is 2.71 bits per heavy atom. The van der Waals surface area contributed by atoms with E-state index in [1.807, 2.05) is 49.4 Å². The third-order valence-electron chi connectivity index (χ3n) is 4.18. The topological polar surface area (TPSA) is 95.2 Å². The monoisotopic (exact) mass is 395 g/mol.